The molecule has 9 heteroatoms. The highest BCUT2D eigenvalue weighted by Crippen LogP contribution is 2.66. The van der Waals surface area contributed by atoms with Gasteiger partial charge in [0.15, 0.2) is 17.2 Å². The summed E-state index contributed by atoms with van der Waals surface area (Å²) in [6, 6.07) is 0. The Kier molecular flexibility index (Phi) is 5.14. The van der Waals surface area contributed by atoms with Gasteiger partial charge in [-0.1, -0.05) is 31.2 Å². The van der Waals surface area contributed by atoms with Crippen molar-refractivity contribution >= 4 is 40.3 Å². The van der Waals surface area contributed by atoms with Gasteiger partial charge in [0.25, 0.3) is 0 Å². The molecule has 3 saturated carbocycles. The van der Waals surface area contributed by atoms with Crippen molar-refractivity contribution in [2.75, 3.05) is 5.75 Å². The molecular weight excluding hydrogens is 464 g/mol. The number of hydrogen-bond donors (Lipinski definition) is 2. The van der Waals surface area contributed by atoms with Crippen molar-refractivity contribution < 1.29 is 19.5 Å². The van der Waals surface area contributed by atoms with Crippen molar-refractivity contribution in [1.82, 2.24) is 19.9 Å². The van der Waals surface area contributed by atoms with Gasteiger partial charge in [0.1, 0.15) is 28.3 Å². The Morgan fingerprint density at radius 1 is 1.17 bits per heavy atom. The molecule has 2 aromatic heterocycles. The normalized spacial score (nSPS) is 38.6. The van der Waals surface area contributed by atoms with Crippen molar-refractivity contribution in [2.24, 2.45) is 28.6 Å². The number of nitrogens with zero attached hydrogens (tertiary/aromatic N) is 3. The van der Waals surface area contributed by atoms with Gasteiger partial charge >= 0.3 is 0 Å². The first-order valence-electron chi connectivity index (χ1n) is 12.5. The molecule has 2 aromatic rings. The van der Waals surface area contributed by atoms with E-state index in [9.17, 15) is 19.5 Å². The third-order valence-corrected chi connectivity index (χ3v) is 10.8. The summed E-state index contributed by atoms with van der Waals surface area (Å²) in [5.74, 6) is 0.256. The molecule has 3 fully saturated rings. The van der Waals surface area contributed by atoms with Gasteiger partial charge in [0.05, 0.1) is 12.1 Å². The zero-order valence-corrected chi connectivity index (χ0v) is 20.9. The number of Topliss-reactive ketones (excluding diaryl/α,β-unsaturated/α-hetero) is 2. The average molecular weight is 495 g/mol. The van der Waals surface area contributed by atoms with E-state index >= 15 is 0 Å². The lowest BCUT2D eigenvalue weighted by molar-refractivity contribution is -0.167. The monoisotopic (exact) mass is 494 g/mol. The highest BCUT2D eigenvalue weighted by atomic mass is 32.2. The number of aromatic nitrogens is 4. The number of H-pyrrole nitrogens is 1. The third-order valence-electron chi connectivity index (χ3n) is 9.80. The number of rotatable bonds is 4. The van der Waals surface area contributed by atoms with E-state index in [0.29, 0.717) is 29.0 Å². The van der Waals surface area contributed by atoms with Crippen LogP contribution in [0.15, 0.2) is 29.3 Å². The number of allylic oxidation sites excluding steroid dienone is 1. The minimum absolute atomic E-state index is 0.0684. The fourth-order valence-corrected chi connectivity index (χ4v) is 8.87. The van der Waals surface area contributed by atoms with Crippen LogP contribution in [0.5, 0.6) is 0 Å². The molecule has 6 atom stereocenters. The van der Waals surface area contributed by atoms with Gasteiger partial charge in [0.2, 0.25) is 0 Å². The van der Waals surface area contributed by atoms with Crippen LogP contribution in [-0.2, 0) is 14.4 Å². The maximum Gasteiger partial charge on any atom is 0.181 e. The number of nitrogens with one attached hydrogen (secondary N) is 1. The molecule has 8 nitrogen and oxygen atoms in total. The largest absolute Gasteiger partial charge is 0.381 e. The van der Waals surface area contributed by atoms with Gasteiger partial charge in [-0.2, -0.15) is 0 Å². The van der Waals surface area contributed by atoms with Crippen LogP contribution < -0.4 is 0 Å². The number of imidazole rings is 1. The molecule has 0 spiro atoms. The predicted molar refractivity (Wildman–Crippen MR) is 129 cm³/mol. The molecule has 184 valence electrons. The van der Waals surface area contributed by atoms with Crippen molar-refractivity contribution in [3.8, 4) is 0 Å². The summed E-state index contributed by atoms with van der Waals surface area (Å²) in [6.45, 7) is 4.11. The van der Waals surface area contributed by atoms with Gasteiger partial charge in [-0.15, -0.1) is 0 Å². The smallest absolute Gasteiger partial charge is 0.181 e. The number of fused-ring (bicyclic) bond motifs is 6. The van der Waals surface area contributed by atoms with E-state index in [-0.39, 0.29) is 52.7 Å². The first-order valence-corrected chi connectivity index (χ1v) is 13.4. The van der Waals surface area contributed by atoms with Crippen molar-refractivity contribution in [3.63, 3.8) is 0 Å². The minimum atomic E-state index is -1.54. The fraction of sp³-hybridized carbons (Fsp3) is 0.615. The van der Waals surface area contributed by atoms with Crippen molar-refractivity contribution in [3.05, 3.63) is 24.3 Å². The highest BCUT2D eigenvalue weighted by Gasteiger charge is 2.68. The minimum Gasteiger partial charge on any atom is -0.381 e. The molecular formula is C26H30N4O4S. The Morgan fingerprint density at radius 3 is 2.83 bits per heavy atom. The summed E-state index contributed by atoms with van der Waals surface area (Å²) < 4.78 is 0. The quantitative estimate of drug-likeness (QED) is 0.489. The Hall–Kier alpha value is -2.39. The van der Waals surface area contributed by atoms with Gasteiger partial charge in [-0.05, 0) is 55.4 Å². The zero-order valence-electron chi connectivity index (χ0n) is 20.0. The van der Waals surface area contributed by atoms with E-state index in [1.165, 1.54) is 18.1 Å². The number of thioether (sulfide) groups is 1. The van der Waals surface area contributed by atoms with Crippen LogP contribution in [-0.4, -0.2) is 53.7 Å². The van der Waals surface area contributed by atoms with Crippen LogP contribution in [0.3, 0.4) is 0 Å². The standard InChI is InChI=1S/C26H30N4O4S/c1-24-7-5-15(31)9-14(24)3-4-16-17-6-8-26(34,25(17,2)10-18(32)20(16)24)19(33)11-35-23-21-22(28-12-27-21)29-13-30-23/h9,12-13,16-17,20,34H,3-8,10-11H2,1-2H3,(H,27,28,29,30)/t16-,17-,20+,24-,25-,26-/m0/s1. The molecule has 0 radical (unpaired) electrons. The topological polar surface area (TPSA) is 126 Å². The zero-order chi connectivity index (χ0) is 24.6. The molecule has 0 bridgehead atoms. The molecule has 0 saturated heterocycles. The summed E-state index contributed by atoms with van der Waals surface area (Å²) in [5.41, 5.74) is -0.256. The average Bonchev–Trinajstić information content (AvgIpc) is 3.41. The van der Waals surface area contributed by atoms with Gasteiger partial charge in [-0.25, -0.2) is 15.0 Å². The fourth-order valence-electron chi connectivity index (χ4n) is 7.95. The molecule has 6 rings (SSSR count). The number of hydrogen-bond acceptors (Lipinski definition) is 8. The Morgan fingerprint density at radius 2 is 2.00 bits per heavy atom. The third kappa shape index (κ3) is 3.16. The summed E-state index contributed by atoms with van der Waals surface area (Å²) >= 11 is 1.27. The second-order valence-corrected chi connectivity index (χ2v) is 12.3. The van der Waals surface area contributed by atoms with E-state index in [1.54, 1.807) is 12.4 Å². The van der Waals surface area contributed by atoms with Crippen LogP contribution in [0.2, 0.25) is 0 Å². The Labute approximate surface area is 207 Å². The van der Waals surface area contributed by atoms with Crippen molar-refractivity contribution in [2.45, 2.75) is 69.4 Å². The van der Waals surface area contributed by atoms with Gasteiger partial charge in [-0.3, -0.25) is 14.4 Å². The van der Waals surface area contributed by atoms with Crippen molar-refractivity contribution in [1.29, 1.82) is 0 Å². The molecule has 0 aliphatic heterocycles. The molecule has 4 aliphatic carbocycles. The summed E-state index contributed by atoms with van der Waals surface area (Å²) in [5, 5.41) is 12.5. The van der Waals surface area contributed by atoms with E-state index in [1.807, 2.05) is 6.92 Å². The van der Waals surface area contributed by atoms with Crippen LogP contribution >= 0.6 is 11.8 Å². The van der Waals surface area contributed by atoms with E-state index in [2.05, 4.69) is 26.9 Å². The Balaban J connectivity index is 1.26. The SMILES string of the molecule is C[C@]12CCC(=O)C=C1CC[C@@H]1[C@@H]2C(=O)C[C@@]2(C)[C@H]1CC[C@]2(O)C(=O)CSc1ncnc2nc[nH]c12. The molecule has 4 aliphatic rings. The number of carbonyl (C=O) groups is 3. The first-order chi connectivity index (χ1) is 16.7. The maximum absolute atomic E-state index is 13.8. The highest BCUT2D eigenvalue weighted by molar-refractivity contribution is 8.00. The van der Waals surface area contributed by atoms with Gasteiger partial charge in [0, 0.05) is 24.2 Å². The number of aromatic amines is 1. The second-order valence-electron chi connectivity index (χ2n) is 11.3. The van der Waals surface area contributed by atoms with Crippen LogP contribution in [0.1, 0.15) is 58.8 Å². The van der Waals surface area contributed by atoms with E-state index < -0.39 is 11.0 Å². The molecule has 0 unspecified atom stereocenters. The second kappa shape index (κ2) is 7.80. The molecule has 0 aromatic carbocycles. The van der Waals surface area contributed by atoms with Crippen LogP contribution in [0, 0.1) is 28.6 Å². The number of aliphatic hydroxyl groups is 1. The van der Waals surface area contributed by atoms with E-state index in [0.717, 1.165) is 31.3 Å². The lowest BCUT2D eigenvalue weighted by atomic mass is 9.46. The summed E-state index contributed by atoms with van der Waals surface area (Å²) in [6.07, 6.45) is 8.94. The van der Waals surface area contributed by atoms with Gasteiger partial charge < -0.3 is 10.1 Å². The lowest BCUT2D eigenvalue weighted by Crippen LogP contribution is -2.60. The lowest BCUT2D eigenvalue weighted by Gasteiger charge is -2.57. The molecule has 2 heterocycles. The molecule has 0 amide bonds. The summed E-state index contributed by atoms with van der Waals surface area (Å²) in [7, 11) is 0. The number of ketones is 3. The van der Waals surface area contributed by atoms with E-state index in [4.69, 9.17) is 0 Å². The predicted octanol–water partition coefficient (Wildman–Crippen LogP) is 3.46. The Bertz CT molecular complexity index is 1290. The summed E-state index contributed by atoms with van der Waals surface area (Å²) in [4.78, 5) is 54.9. The first kappa shape index (κ1) is 23.0. The number of carbonyl (C=O) groups excluding carboxylic acids is 3. The molecule has 2 N–H and O–H groups in total. The van der Waals surface area contributed by atoms with Crippen LogP contribution in [0.25, 0.3) is 11.2 Å². The molecule has 35 heavy (non-hydrogen) atoms. The maximum atomic E-state index is 13.8. The van der Waals surface area contributed by atoms with Crippen LogP contribution in [0.4, 0.5) is 0 Å².